The fraction of sp³-hybridized carbons (Fsp3) is 0.348. The van der Waals surface area contributed by atoms with E-state index in [9.17, 15) is 19.5 Å². The second-order valence-electron chi connectivity index (χ2n) is 7.14. The lowest BCUT2D eigenvalue weighted by atomic mass is 9.88. The van der Waals surface area contributed by atoms with E-state index in [0.29, 0.717) is 17.7 Å². The summed E-state index contributed by atoms with van der Waals surface area (Å²) in [7, 11) is 0. The summed E-state index contributed by atoms with van der Waals surface area (Å²) in [6, 6.07) is 6.24. The molecule has 0 aliphatic rings. The van der Waals surface area contributed by atoms with Crippen LogP contribution in [-0.2, 0) is 0 Å². The molecule has 0 bridgehead atoms. The molecule has 5 heteroatoms. The molecule has 0 saturated carbocycles. The number of amides is 1. The first kappa shape index (κ1) is 21.4. The van der Waals surface area contributed by atoms with E-state index in [1.807, 2.05) is 40.7 Å². The van der Waals surface area contributed by atoms with Gasteiger partial charge in [0, 0.05) is 17.7 Å². The van der Waals surface area contributed by atoms with Gasteiger partial charge in [-0.25, -0.2) is 4.79 Å². The number of unbranched alkanes of at least 4 members (excludes halogenated alkanes) is 1. The molecule has 28 heavy (non-hydrogen) atoms. The van der Waals surface area contributed by atoms with Crippen molar-refractivity contribution in [1.29, 1.82) is 0 Å². The van der Waals surface area contributed by atoms with Crippen molar-refractivity contribution in [2.45, 2.75) is 47.5 Å². The van der Waals surface area contributed by atoms with E-state index in [1.54, 1.807) is 0 Å². The van der Waals surface area contributed by atoms with Crippen LogP contribution in [0.25, 0.3) is 0 Å². The van der Waals surface area contributed by atoms with E-state index in [4.69, 9.17) is 0 Å². The number of carbonyl (C=O) groups is 3. The second kappa shape index (κ2) is 8.83. The van der Waals surface area contributed by atoms with Crippen LogP contribution in [0.1, 0.15) is 78.7 Å². The van der Waals surface area contributed by atoms with Crippen molar-refractivity contribution in [3.63, 3.8) is 0 Å². The highest BCUT2D eigenvalue weighted by Gasteiger charge is 2.22. The normalized spacial score (nSPS) is 10.6. The van der Waals surface area contributed by atoms with Crippen molar-refractivity contribution in [3.8, 4) is 0 Å². The molecule has 2 aromatic rings. The summed E-state index contributed by atoms with van der Waals surface area (Å²) in [5.74, 6) is -1.88. The van der Waals surface area contributed by atoms with Gasteiger partial charge in [0.05, 0.1) is 11.1 Å². The third kappa shape index (κ3) is 4.30. The van der Waals surface area contributed by atoms with Crippen LogP contribution >= 0.6 is 0 Å². The van der Waals surface area contributed by atoms with Crippen molar-refractivity contribution >= 4 is 17.7 Å². The van der Waals surface area contributed by atoms with Crippen LogP contribution in [0.5, 0.6) is 0 Å². The molecule has 0 aliphatic heterocycles. The lowest BCUT2D eigenvalue weighted by molar-refractivity contribution is 0.0690. The van der Waals surface area contributed by atoms with E-state index in [1.165, 1.54) is 18.2 Å². The molecule has 2 N–H and O–H groups in total. The summed E-state index contributed by atoms with van der Waals surface area (Å²) in [6.45, 7) is 10.2. The molecule has 5 nitrogen and oxygen atoms in total. The van der Waals surface area contributed by atoms with Crippen LogP contribution < -0.4 is 5.32 Å². The Hall–Kier alpha value is -2.95. The van der Waals surface area contributed by atoms with Gasteiger partial charge in [0.15, 0.2) is 5.78 Å². The smallest absolute Gasteiger partial charge is 0.336 e. The van der Waals surface area contributed by atoms with Crippen LogP contribution in [0.4, 0.5) is 0 Å². The topological polar surface area (TPSA) is 83.5 Å². The number of aryl methyl sites for hydroxylation is 2. The minimum atomic E-state index is -1.20. The van der Waals surface area contributed by atoms with Crippen LogP contribution in [0.3, 0.4) is 0 Å². The van der Waals surface area contributed by atoms with Gasteiger partial charge in [-0.05, 0) is 68.5 Å². The molecule has 2 aromatic carbocycles. The predicted molar refractivity (Wildman–Crippen MR) is 109 cm³/mol. The van der Waals surface area contributed by atoms with Gasteiger partial charge in [0.25, 0.3) is 5.91 Å². The third-order valence-electron chi connectivity index (χ3n) is 5.17. The molecule has 148 valence electrons. The predicted octanol–water partition coefficient (Wildman–Crippen LogP) is 4.38. The number of aromatic carboxylic acids is 1. The summed E-state index contributed by atoms with van der Waals surface area (Å²) in [6.07, 6.45) is 1.71. The molecule has 1 amide bonds. The summed E-state index contributed by atoms with van der Waals surface area (Å²) in [4.78, 5) is 37.3. The molecular weight excluding hydrogens is 354 g/mol. The minimum Gasteiger partial charge on any atom is -0.478 e. The minimum absolute atomic E-state index is 0.00846. The molecule has 0 unspecified atom stereocenters. The first-order valence-corrected chi connectivity index (χ1v) is 9.46. The monoisotopic (exact) mass is 381 g/mol. The van der Waals surface area contributed by atoms with E-state index in [2.05, 4.69) is 5.32 Å². The zero-order valence-corrected chi connectivity index (χ0v) is 17.1. The van der Waals surface area contributed by atoms with E-state index in [-0.39, 0.29) is 16.9 Å². The van der Waals surface area contributed by atoms with Gasteiger partial charge >= 0.3 is 5.97 Å². The molecule has 0 aliphatic carbocycles. The molecule has 0 aromatic heterocycles. The number of rotatable bonds is 7. The van der Waals surface area contributed by atoms with Crippen molar-refractivity contribution in [2.24, 2.45) is 0 Å². The van der Waals surface area contributed by atoms with Crippen LogP contribution in [0, 0.1) is 27.7 Å². The molecule has 0 saturated heterocycles. The van der Waals surface area contributed by atoms with Gasteiger partial charge in [-0.3, -0.25) is 9.59 Å². The van der Waals surface area contributed by atoms with Gasteiger partial charge in [0.2, 0.25) is 0 Å². The van der Waals surface area contributed by atoms with Crippen LogP contribution in [-0.4, -0.2) is 29.3 Å². The highest BCUT2D eigenvalue weighted by Crippen LogP contribution is 2.25. The highest BCUT2D eigenvalue weighted by atomic mass is 16.4. The molecule has 2 rings (SSSR count). The van der Waals surface area contributed by atoms with E-state index >= 15 is 0 Å². The Morgan fingerprint density at radius 3 is 2.07 bits per heavy atom. The maximum Gasteiger partial charge on any atom is 0.336 e. The lowest BCUT2D eigenvalue weighted by Gasteiger charge is -2.15. The second-order valence-corrected chi connectivity index (χ2v) is 7.14. The van der Waals surface area contributed by atoms with E-state index < -0.39 is 11.9 Å². The average Bonchev–Trinajstić information content (AvgIpc) is 2.66. The molecule has 0 fully saturated rings. The van der Waals surface area contributed by atoms with Crippen LogP contribution in [0.2, 0.25) is 0 Å². The average molecular weight is 381 g/mol. The number of carbonyl (C=O) groups excluding carboxylic acids is 2. The molecule has 0 spiro atoms. The summed E-state index contributed by atoms with van der Waals surface area (Å²) in [5, 5.41) is 12.2. The Morgan fingerprint density at radius 1 is 0.929 bits per heavy atom. The Bertz CT molecular complexity index is 918. The van der Waals surface area contributed by atoms with Gasteiger partial charge in [-0.1, -0.05) is 25.5 Å². The number of carboxylic acid groups (broad SMARTS) is 1. The van der Waals surface area contributed by atoms with Crippen molar-refractivity contribution < 1.29 is 19.5 Å². The number of ketones is 1. The Balaban J connectivity index is 2.53. The maximum atomic E-state index is 13.2. The molecule has 0 radical (unpaired) electrons. The number of hydrogen-bond acceptors (Lipinski definition) is 3. The fourth-order valence-electron chi connectivity index (χ4n) is 3.24. The molecule has 0 atom stereocenters. The zero-order chi connectivity index (χ0) is 21.0. The van der Waals surface area contributed by atoms with Gasteiger partial charge in [0.1, 0.15) is 0 Å². The number of nitrogens with one attached hydrogen (secondary N) is 1. The first-order chi connectivity index (χ1) is 13.2. The zero-order valence-electron chi connectivity index (χ0n) is 17.1. The van der Waals surface area contributed by atoms with Crippen molar-refractivity contribution in [1.82, 2.24) is 5.32 Å². The lowest BCUT2D eigenvalue weighted by Crippen LogP contribution is -2.26. The van der Waals surface area contributed by atoms with Crippen molar-refractivity contribution in [3.05, 3.63) is 68.8 Å². The Labute approximate surface area is 165 Å². The summed E-state index contributed by atoms with van der Waals surface area (Å²) in [5.41, 5.74) is 4.64. The van der Waals surface area contributed by atoms with Crippen molar-refractivity contribution in [2.75, 3.05) is 6.54 Å². The number of benzene rings is 2. The SMILES string of the molecule is CCCCNC(=O)c1cc(C(=O)c2c(C)c(C)cc(C)c2C)ccc1C(=O)O. The van der Waals surface area contributed by atoms with E-state index in [0.717, 1.165) is 35.1 Å². The molecular formula is C23H27NO4. The highest BCUT2D eigenvalue weighted by molar-refractivity contribution is 6.13. The van der Waals surface area contributed by atoms with Gasteiger partial charge in [-0.2, -0.15) is 0 Å². The van der Waals surface area contributed by atoms with Gasteiger partial charge in [-0.15, -0.1) is 0 Å². The molecule has 0 heterocycles. The Morgan fingerprint density at radius 2 is 1.54 bits per heavy atom. The standard InChI is InChI=1S/C23H27NO4/c1-6-7-10-24-22(26)19-12-17(8-9-18(19)23(27)28)21(25)20-15(4)13(2)11-14(3)16(20)5/h8-9,11-12H,6-7,10H2,1-5H3,(H,24,26)(H,27,28). The fourth-order valence-corrected chi connectivity index (χ4v) is 3.24. The first-order valence-electron chi connectivity index (χ1n) is 9.46. The summed E-state index contributed by atoms with van der Waals surface area (Å²) >= 11 is 0. The number of hydrogen-bond donors (Lipinski definition) is 2. The third-order valence-corrected chi connectivity index (χ3v) is 5.17. The Kier molecular flexibility index (Phi) is 6.73. The largest absolute Gasteiger partial charge is 0.478 e. The summed E-state index contributed by atoms with van der Waals surface area (Å²) < 4.78 is 0. The number of carboxylic acids is 1. The maximum absolute atomic E-state index is 13.2. The van der Waals surface area contributed by atoms with Gasteiger partial charge < -0.3 is 10.4 Å². The van der Waals surface area contributed by atoms with Crippen LogP contribution in [0.15, 0.2) is 24.3 Å². The quantitative estimate of drug-likeness (QED) is 0.551.